The van der Waals surface area contributed by atoms with E-state index in [1.807, 2.05) is 13.8 Å². The zero-order chi connectivity index (χ0) is 16.3. The van der Waals surface area contributed by atoms with E-state index in [9.17, 15) is 9.90 Å². The van der Waals surface area contributed by atoms with Crippen LogP contribution in [0.3, 0.4) is 0 Å². The largest absolute Gasteiger partial charge is 0.493 e. The zero-order valence-corrected chi connectivity index (χ0v) is 13.0. The Labute approximate surface area is 128 Å². The third kappa shape index (κ3) is 3.03. The first-order valence-electron chi connectivity index (χ1n) is 6.88. The van der Waals surface area contributed by atoms with Gasteiger partial charge in [-0.25, -0.2) is 9.48 Å². The lowest BCUT2D eigenvalue weighted by atomic mass is 10.1. The van der Waals surface area contributed by atoms with Crippen LogP contribution in [0.4, 0.5) is 0 Å². The standard InChI is InChI=1S/C15H19N3O4/c1-9(2)7-11-14(15(19)20)16-17-18(11)10-5-6-12(21-3)13(8-10)22-4/h5-6,8-9H,7H2,1-4H3,(H,19,20). The number of ether oxygens (including phenoxy) is 2. The first-order valence-corrected chi connectivity index (χ1v) is 6.88. The highest BCUT2D eigenvalue weighted by atomic mass is 16.5. The van der Waals surface area contributed by atoms with Gasteiger partial charge in [-0.05, 0) is 24.5 Å². The molecule has 0 bridgehead atoms. The Balaban J connectivity index is 2.54. The Morgan fingerprint density at radius 1 is 1.27 bits per heavy atom. The Morgan fingerprint density at radius 2 is 1.95 bits per heavy atom. The summed E-state index contributed by atoms with van der Waals surface area (Å²) < 4.78 is 12.0. The molecule has 0 saturated heterocycles. The number of hydrogen-bond acceptors (Lipinski definition) is 5. The van der Waals surface area contributed by atoms with Crippen molar-refractivity contribution in [2.75, 3.05) is 14.2 Å². The van der Waals surface area contributed by atoms with Crippen molar-refractivity contribution < 1.29 is 19.4 Å². The third-order valence-corrected chi connectivity index (χ3v) is 3.18. The molecule has 7 heteroatoms. The summed E-state index contributed by atoms with van der Waals surface area (Å²) in [5.74, 6) is 0.330. The Hall–Kier alpha value is -2.57. The van der Waals surface area contributed by atoms with E-state index >= 15 is 0 Å². The molecule has 1 N–H and O–H groups in total. The average molecular weight is 305 g/mol. The van der Waals surface area contributed by atoms with Gasteiger partial charge in [-0.3, -0.25) is 0 Å². The maximum atomic E-state index is 11.3. The number of nitrogens with zero attached hydrogens (tertiary/aromatic N) is 3. The fourth-order valence-electron chi connectivity index (χ4n) is 2.20. The summed E-state index contributed by atoms with van der Waals surface area (Å²) >= 11 is 0. The number of methoxy groups -OCH3 is 2. The van der Waals surface area contributed by atoms with Crippen molar-refractivity contribution >= 4 is 5.97 Å². The van der Waals surface area contributed by atoms with Crippen LogP contribution in [0.5, 0.6) is 11.5 Å². The molecule has 0 aliphatic rings. The van der Waals surface area contributed by atoms with E-state index in [4.69, 9.17) is 9.47 Å². The van der Waals surface area contributed by atoms with E-state index in [2.05, 4.69) is 10.3 Å². The van der Waals surface area contributed by atoms with E-state index in [1.165, 1.54) is 4.68 Å². The van der Waals surface area contributed by atoms with Gasteiger partial charge in [-0.15, -0.1) is 5.10 Å². The molecule has 2 rings (SSSR count). The molecule has 0 spiro atoms. The van der Waals surface area contributed by atoms with Crippen LogP contribution >= 0.6 is 0 Å². The highest BCUT2D eigenvalue weighted by molar-refractivity contribution is 5.86. The van der Waals surface area contributed by atoms with Crippen LogP contribution < -0.4 is 9.47 Å². The molecule has 0 saturated carbocycles. The van der Waals surface area contributed by atoms with E-state index < -0.39 is 5.97 Å². The van der Waals surface area contributed by atoms with Crippen LogP contribution in [0, 0.1) is 5.92 Å². The summed E-state index contributed by atoms with van der Waals surface area (Å²) in [7, 11) is 3.10. The molecule has 0 aliphatic carbocycles. The lowest BCUT2D eigenvalue weighted by Gasteiger charge is -2.12. The molecule has 0 amide bonds. The number of carboxylic acids is 1. The van der Waals surface area contributed by atoms with Gasteiger partial charge in [0.25, 0.3) is 0 Å². The summed E-state index contributed by atoms with van der Waals surface area (Å²) in [5, 5.41) is 17.0. The molecule has 1 heterocycles. The first kappa shape index (κ1) is 15.8. The lowest BCUT2D eigenvalue weighted by molar-refractivity contribution is 0.0689. The number of hydrogen-bond donors (Lipinski definition) is 1. The van der Waals surface area contributed by atoms with Crippen LogP contribution in [0.1, 0.15) is 30.0 Å². The maximum Gasteiger partial charge on any atom is 0.358 e. The van der Waals surface area contributed by atoms with Crippen LogP contribution in [-0.2, 0) is 6.42 Å². The Kier molecular flexibility index (Phi) is 4.65. The van der Waals surface area contributed by atoms with Gasteiger partial charge in [-0.1, -0.05) is 19.1 Å². The first-order chi connectivity index (χ1) is 10.5. The number of aromatic carboxylic acids is 1. The van der Waals surface area contributed by atoms with Crippen molar-refractivity contribution in [2.45, 2.75) is 20.3 Å². The summed E-state index contributed by atoms with van der Waals surface area (Å²) in [4.78, 5) is 11.3. The fourth-order valence-corrected chi connectivity index (χ4v) is 2.20. The predicted octanol–water partition coefficient (Wildman–Crippen LogP) is 2.18. The zero-order valence-electron chi connectivity index (χ0n) is 13.0. The van der Waals surface area contributed by atoms with Gasteiger partial charge in [0, 0.05) is 6.07 Å². The van der Waals surface area contributed by atoms with Crippen molar-refractivity contribution in [3.05, 3.63) is 29.6 Å². The van der Waals surface area contributed by atoms with Crippen molar-refractivity contribution in [2.24, 2.45) is 5.92 Å². The monoisotopic (exact) mass is 305 g/mol. The summed E-state index contributed by atoms with van der Waals surface area (Å²) in [6, 6.07) is 5.27. The maximum absolute atomic E-state index is 11.3. The fraction of sp³-hybridized carbons (Fsp3) is 0.400. The van der Waals surface area contributed by atoms with Gasteiger partial charge in [0.05, 0.1) is 25.6 Å². The highest BCUT2D eigenvalue weighted by Crippen LogP contribution is 2.29. The number of aromatic nitrogens is 3. The molecule has 0 atom stereocenters. The summed E-state index contributed by atoms with van der Waals surface area (Å²) in [6.07, 6.45) is 0.559. The van der Waals surface area contributed by atoms with Crippen molar-refractivity contribution in [1.82, 2.24) is 15.0 Å². The molecule has 22 heavy (non-hydrogen) atoms. The topological polar surface area (TPSA) is 86.5 Å². The molecule has 7 nitrogen and oxygen atoms in total. The van der Waals surface area contributed by atoms with E-state index in [0.29, 0.717) is 29.3 Å². The van der Waals surface area contributed by atoms with E-state index in [1.54, 1.807) is 32.4 Å². The molecule has 1 aromatic carbocycles. The number of carboxylic acid groups (broad SMARTS) is 1. The molecular weight excluding hydrogens is 286 g/mol. The highest BCUT2D eigenvalue weighted by Gasteiger charge is 2.21. The van der Waals surface area contributed by atoms with Crippen molar-refractivity contribution in [3.63, 3.8) is 0 Å². The molecule has 0 aliphatic heterocycles. The molecule has 2 aromatic rings. The van der Waals surface area contributed by atoms with Crippen LogP contribution in [0.15, 0.2) is 18.2 Å². The molecule has 118 valence electrons. The van der Waals surface area contributed by atoms with Crippen LogP contribution in [0.25, 0.3) is 5.69 Å². The predicted molar refractivity (Wildman–Crippen MR) is 80.0 cm³/mol. The Bertz CT molecular complexity index is 679. The quantitative estimate of drug-likeness (QED) is 0.880. The minimum atomic E-state index is -1.08. The third-order valence-electron chi connectivity index (χ3n) is 3.18. The van der Waals surface area contributed by atoms with Crippen LogP contribution in [-0.4, -0.2) is 40.3 Å². The van der Waals surface area contributed by atoms with Gasteiger partial charge >= 0.3 is 5.97 Å². The normalized spacial score (nSPS) is 10.8. The molecule has 1 aromatic heterocycles. The molecular formula is C15H19N3O4. The number of rotatable bonds is 6. The van der Waals surface area contributed by atoms with Gasteiger partial charge in [0.15, 0.2) is 17.2 Å². The molecule has 0 unspecified atom stereocenters. The van der Waals surface area contributed by atoms with E-state index in [-0.39, 0.29) is 11.6 Å². The second-order valence-electron chi connectivity index (χ2n) is 5.24. The lowest BCUT2D eigenvalue weighted by Crippen LogP contribution is -2.10. The van der Waals surface area contributed by atoms with E-state index in [0.717, 1.165) is 0 Å². The van der Waals surface area contributed by atoms with Crippen LogP contribution in [0.2, 0.25) is 0 Å². The molecule has 0 fully saturated rings. The minimum absolute atomic E-state index is 0.0246. The number of carbonyl (C=O) groups is 1. The van der Waals surface area contributed by atoms with Gasteiger partial charge in [0.1, 0.15) is 0 Å². The second kappa shape index (κ2) is 6.46. The SMILES string of the molecule is COc1ccc(-n2nnc(C(=O)O)c2CC(C)C)cc1OC. The minimum Gasteiger partial charge on any atom is -0.493 e. The van der Waals surface area contributed by atoms with Gasteiger partial charge in [0.2, 0.25) is 0 Å². The summed E-state index contributed by atoms with van der Waals surface area (Å²) in [5.41, 5.74) is 1.21. The second-order valence-corrected chi connectivity index (χ2v) is 5.24. The molecule has 0 radical (unpaired) electrons. The average Bonchev–Trinajstić information content (AvgIpc) is 2.89. The number of benzene rings is 1. The van der Waals surface area contributed by atoms with Crippen molar-refractivity contribution in [3.8, 4) is 17.2 Å². The van der Waals surface area contributed by atoms with Gasteiger partial charge < -0.3 is 14.6 Å². The van der Waals surface area contributed by atoms with Crippen molar-refractivity contribution in [1.29, 1.82) is 0 Å². The van der Waals surface area contributed by atoms with Gasteiger partial charge in [-0.2, -0.15) is 0 Å². The smallest absolute Gasteiger partial charge is 0.358 e. The Morgan fingerprint density at radius 3 is 2.50 bits per heavy atom. The summed E-state index contributed by atoms with van der Waals surface area (Å²) in [6.45, 7) is 4.02.